The largest absolute Gasteiger partial charge is 0.396 e. The smallest absolute Gasteiger partial charge is 0.261 e. The summed E-state index contributed by atoms with van der Waals surface area (Å²) in [5, 5.41) is 16.1. The second-order valence-electron chi connectivity index (χ2n) is 6.87. The van der Waals surface area contributed by atoms with Gasteiger partial charge in [0.25, 0.3) is 5.91 Å². The molecule has 0 fully saturated rings. The van der Waals surface area contributed by atoms with Crippen molar-refractivity contribution in [1.29, 1.82) is 0 Å². The normalized spacial score (nSPS) is 13.3. The molecule has 6 nitrogen and oxygen atoms in total. The van der Waals surface area contributed by atoms with Gasteiger partial charge in [-0.3, -0.25) is 4.79 Å². The molecular weight excluding hydrogens is 408 g/mol. The summed E-state index contributed by atoms with van der Waals surface area (Å²) in [5.41, 5.74) is 4.05. The first kappa shape index (κ1) is 19.8. The summed E-state index contributed by atoms with van der Waals surface area (Å²) in [6, 6.07) is 8.98. The molecule has 0 saturated carbocycles. The van der Waals surface area contributed by atoms with Crippen LogP contribution >= 0.6 is 22.9 Å². The van der Waals surface area contributed by atoms with E-state index >= 15 is 0 Å². The Balaban J connectivity index is 1.60. The lowest BCUT2D eigenvalue weighted by Crippen LogP contribution is -2.28. The van der Waals surface area contributed by atoms with Gasteiger partial charge in [-0.25, -0.2) is 9.97 Å². The van der Waals surface area contributed by atoms with E-state index in [1.807, 2.05) is 24.4 Å². The van der Waals surface area contributed by atoms with Crippen molar-refractivity contribution in [2.75, 3.05) is 19.0 Å². The van der Waals surface area contributed by atoms with Crippen LogP contribution in [0.15, 0.2) is 36.5 Å². The topological polar surface area (TPSA) is 87.1 Å². The third-order valence-electron chi connectivity index (χ3n) is 5.00. The molecule has 29 heavy (non-hydrogen) atoms. The maximum Gasteiger partial charge on any atom is 0.261 e. The van der Waals surface area contributed by atoms with E-state index in [-0.39, 0.29) is 18.6 Å². The zero-order valence-corrected chi connectivity index (χ0v) is 17.5. The van der Waals surface area contributed by atoms with Crippen LogP contribution in [0, 0.1) is 0 Å². The number of thiophene rings is 1. The SMILES string of the molecule is CNc1ncc2c(n1)-c1sc(C(=O)N[C@@H](CCO)c3ccc(Cl)cc3)cc1CC2. The lowest BCUT2D eigenvalue weighted by atomic mass is 9.96. The number of hydrogen-bond donors (Lipinski definition) is 3. The van der Waals surface area contributed by atoms with Crippen LogP contribution in [0.1, 0.15) is 38.8 Å². The van der Waals surface area contributed by atoms with Gasteiger partial charge in [0.1, 0.15) is 0 Å². The standard InChI is InChI=1S/C21H21ClN4O2S/c1-23-21-24-11-14-3-2-13-10-17(29-19(13)18(14)26-21)20(28)25-16(8-9-27)12-4-6-15(22)7-5-12/h4-7,10-11,16,27H,2-3,8-9H2,1H3,(H,25,28)(H,23,24,26)/t16-/m0/s1. The molecule has 0 saturated heterocycles. The van der Waals surface area contributed by atoms with Crippen LogP contribution in [0.3, 0.4) is 0 Å². The molecule has 1 aliphatic carbocycles. The number of aliphatic hydroxyl groups excluding tert-OH is 1. The highest BCUT2D eigenvalue weighted by molar-refractivity contribution is 7.17. The van der Waals surface area contributed by atoms with Crippen molar-refractivity contribution in [2.24, 2.45) is 0 Å². The van der Waals surface area contributed by atoms with Gasteiger partial charge in [-0.2, -0.15) is 0 Å². The van der Waals surface area contributed by atoms with Crippen molar-refractivity contribution in [3.63, 3.8) is 0 Å². The molecule has 1 atom stereocenters. The van der Waals surface area contributed by atoms with Crippen LogP contribution in [0.4, 0.5) is 5.95 Å². The lowest BCUT2D eigenvalue weighted by Gasteiger charge is -2.18. The summed E-state index contributed by atoms with van der Waals surface area (Å²) >= 11 is 7.42. The molecule has 0 bridgehead atoms. The number of carbonyl (C=O) groups excluding carboxylic acids is 1. The molecule has 1 aromatic carbocycles. The maximum atomic E-state index is 13.0. The third-order valence-corrected chi connectivity index (χ3v) is 6.43. The Morgan fingerprint density at radius 3 is 2.76 bits per heavy atom. The number of fused-ring (bicyclic) bond motifs is 3. The monoisotopic (exact) mass is 428 g/mol. The number of nitrogens with zero attached hydrogens (tertiary/aromatic N) is 2. The van der Waals surface area contributed by atoms with E-state index in [0.717, 1.165) is 40.1 Å². The summed E-state index contributed by atoms with van der Waals surface area (Å²) in [6.45, 7) is -0.0222. The fraction of sp³-hybridized carbons (Fsp3) is 0.286. The minimum atomic E-state index is -0.283. The number of hydrogen-bond acceptors (Lipinski definition) is 6. The van der Waals surface area contributed by atoms with Gasteiger partial charge >= 0.3 is 0 Å². The molecule has 0 spiro atoms. The van der Waals surface area contributed by atoms with Gasteiger partial charge in [0.15, 0.2) is 0 Å². The Morgan fingerprint density at radius 1 is 1.28 bits per heavy atom. The van der Waals surface area contributed by atoms with Crippen molar-refractivity contribution in [3.05, 3.63) is 63.1 Å². The quantitative estimate of drug-likeness (QED) is 0.555. The molecule has 1 aliphatic rings. The number of anilines is 1. The molecule has 4 rings (SSSR count). The molecule has 3 N–H and O–H groups in total. The predicted molar refractivity (Wildman–Crippen MR) is 116 cm³/mol. The van der Waals surface area contributed by atoms with Crippen molar-refractivity contribution in [3.8, 4) is 10.6 Å². The second kappa shape index (κ2) is 8.49. The summed E-state index contributed by atoms with van der Waals surface area (Å²) in [6.07, 6.45) is 4.02. The maximum absolute atomic E-state index is 13.0. The average Bonchev–Trinajstić information content (AvgIpc) is 3.18. The first-order chi connectivity index (χ1) is 14.1. The summed E-state index contributed by atoms with van der Waals surface area (Å²) in [7, 11) is 1.79. The molecule has 2 heterocycles. The molecule has 0 radical (unpaired) electrons. The van der Waals surface area contributed by atoms with Crippen molar-refractivity contribution in [1.82, 2.24) is 15.3 Å². The number of halogens is 1. The van der Waals surface area contributed by atoms with Crippen LogP contribution in [-0.4, -0.2) is 34.6 Å². The molecule has 3 aromatic rings. The molecule has 0 unspecified atom stereocenters. The van der Waals surface area contributed by atoms with E-state index in [9.17, 15) is 9.90 Å². The van der Waals surface area contributed by atoms with Crippen LogP contribution in [0.2, 0.25) is 5.02 Å². The Bertz CT molecular complexity index is 1040. The van der Waals surface area contributed by atoms with E-state index in [2.05, 4.69) is 20.6 Å². The zero-order valence-electron chi connectivity index (χ0n) is 15.9. The van der Waals surface area contributed by atoms with Gasteiger partial charge in [0.2, 0.25) is 5.95 Å². The van der Waals surface area contributed by atoms with Crippen LogP contribution in [-0.2, 0) is 12.8 Å². The molecule has 8 heteroatoms. The molecule has 0 aliphatic heterocycles. The minimum absolute atomic E-state index is 0.0222. The van der Waals surface area contributed by atoms with Crippen molar-refractivity contribution < 1.29 is 9.90 Å². The number of rotatable bonds is 6. The van der Waals surface area contributed by atoms with Gasteiger partial charge in [-0.15, -0.1) is 11.3 Å². The number of carbonyl (C=O) groups is 1. The van der Waals surface area contributed by atoms with Crippen molar-refractivity contribution in [2.45, 2.75) is 25.3 Å². The van der Waals surface area contributed by atoms with E-state index in [1.54, 1.807) is 19.2 Å². The van der Waals surface area contributed by atoms with Crippen molar-refractivity contribution >= 4 is 34.8 Å². The highest BCUT2D eigenvalue weighted by Gasteiger charge is 2.24. The van der Waals surface area contributed by atoms with E-state index < -0.39 is 0 Å². The van der Waals surface area contributed by atoms with Crippen LogP contribution in [0.5, 0.6) is 0 Å². The minimum Gasteiger partial charge on any atom is -0.396 e. The number of benzene rings is 1. The van der Waals surface area contributed by atoms with Crippen LogP contribution < -0.4 is 10.6 Å². The van der Waals surface area contributed by atoms with Crippen LogP contribution in [0.25, 0.3) is 10.6 Å². The average molecular weight is 429 g/mol. The lowest BCUT2D eigenvalue weighted by molar-refractivity contribution is 0.0934. The number of nitrogens with one attached hydrogen (secondary N) is 2. The Kier molecular flexibility index (Phi) is 5.80. The molecular formula is C21H21ClN4O2S. The summed E-state index contributed by atoms with van der Waals surface area (Å²) in [4.78, 5) is 23.5. The van der Waals surface area contributed by atoms with E-state index in [4.69, 9.17) is 11.6 Å². The number of aliphatic hydroxyl groups is 1. The highest BCUT2D eigenvalue weighted by atomic mass is 35.5. The van der Waals surface area contributed by atoms with Gasteiger partial charge in [-0.05, 0) is 54.2 Å². The highest BCUT2D eigenvalue weighted by Crippen LogP contribution is 2.38. The first-order valence-electron chi connectivity index (χ1n) is 9.43. The number of amides is 1. The third kappa shape index (κ3) is 4.12. The zero-order chi connectivity index (χ0) is 20.4. The fourth-order valence-corrected chi connectivity index (χ4v) is 4.74. The molecule has 150 valence electrons. The van der Waals surface area contributed by atoms with Gasteiger partial charge in [-0.1, -0.05) is 23.7 Å². The van der Waals surface area contributed by atoms with Gasteiger partial charge in [0, 0.05) is 24.9 Å². The summed E-state index contributed by atoms with van der Waals surface area (Å²) in [5.74, 6) is 0.420. The first-order valence-corrected chi connectivity index (χ1v) is 10.6. The fourth-order valence-electron chi connectivity index (χ4n) is 3.48. The van der Waals surface area contributed by atoms with Gasteiger partial charge < -0.3 is 15.7 Å². The molecule has 1 amide bonds. The number of aryl methyl sites for hydroxylation is 2. The van der Waals surface area contributed by atoms with E-state index in [0.29, 0.717) is 22.3 Å². The molecule has 2 aromatic heterocycles. The van der Waals surface area contributed by atoms with Gasteiger partial charge in [0.05, 0.1) is 21.5 Å². The Hall–Kier alpha value is -2.48. The summed E-state index contributed by atoms with van der Waals surface area (Å²) < 4.78 is 0. The number of aromatic nitrogens is 2. The predicted octanol–water partition coefficient (Wildman–Crippen LogP) is 3.85. The Morgan fingerprint density at radius 2 is 2.03 bits per heavy atom. The Labute approximate surface area is 178 Å². The second-order valence-corrected chi connectivity index (χ2v) is 8.36. The van der Waals surface area contributed by atoms with E-state index in [1.165, 1.54) is 11.3 Å².